The minimum atomic E-state index is -0.554. The van der Waals surface area contributed by atoms with Crippen LogP contribution in [0.3, 0.4) is 0 Å². The molecule has 1 aromatic rings. The molecule has 0 bridgehead atoms. The van der Waals surface area contributed by atoms with Gasteiger partial charge in [0.25, 0.3) is 5.69 Å². The molecule has 6 heteroatoms. The van der Waals surface area contributed by atoms with E-state index in [1.54, 1.807) is 18.2 Å². The Bertz CT molecular complexity index is 864. The van der Waals surface area contributed by atoms with E-state index in [0.717, 1.165) is 37.0 Å². The van der Waals surface area contributed by atoms with Crippen LogP contribution in [0, 0.1) is 10.1 Å². The highest BCUT2D eigenvalue weighted by molar-refractivity contribution is 6.44. The first-order chi connectivity index (χ1) is 12.1. The molecule has 0 N–H and O–H groups in total. The molecule has 0 fully saturated rings. The van der Waals surface area contributed by atoms with Gasteiger partial charge in [0, 0.05) is 36.8 Å². The Balaban J connectivity index is 1.94. The van der Waals surface area contributed by atoms with Crippen molar-refractivity contribution in [3.05, 3.63) is 62.6 Å². The third-order valence-electron chi connectivity index (χ3n) is 5.16. The average Bonchev–Trinajstić information content (AvgIpc) is 2.63. The van der Waals surface area contributed by atoms with E-state index in [2.05, 4.69) is 0 Å². The van der Waals surface area contributed by atoms with Gasteiger partial charge in [-0.2, -0.15) is 0 Å². The Kier molecular flexibility index (Phi) is 3.75. The van der Waals surface area contributed by atoms with Crippen LogP contribution in [0.1, 0.15) is 50.0 Å². The summed E-state index contributed by atoms with van der Waals surface area (Å²) >= 11 is 0. The molecule has 2 aliphatic carbocycles. The largest absolute Gasteiger partial charge is 0.466 e. The van der Waals surface area contributed by atoms with Crippen molar-refractivity contribution in [2.24, 2.45) is 0 Å². The van der Waals surface area contributed by atoms with E-state index in [9.17, 15) is 19.7 Å². The maximum Gasteiger partial charge on any atom is 0.273 e. The highest BCUT2D eigenvalue weighted by atomic mass is 16.6. The van der Waals surface area contributed by atoms with Gasteiger partial charge >= 0.3 is 0 Å². The lowest BCUT2D eigenvalue weighted by molar-refractivity contribution is -0.385. The van der Waals surface area contributed by atoms with Crippen LogP contribution in [0.5, 0.6) is 0 Å². The van der Waals surface area contributed by atoms with Crippen LogP contribution in [0.2, 0.25) is 0 Å². The summed E-state index contributed by atoms with van der Waals surface area (Å²) < 4.78 is 5.98. The third kappa shape index (κ3) is 2.49. The Morgan fingerprint density at radius 1 is 1.00 bits per heavy atom. The molecule has 0 saturated heterocycles. The van der Waals surface area contributed by atoms with E-state index < -0.39 is 22.4 Å². The second-order valence-electron chi connectivity index (χ2n) is 6.60. The van der Waals surface area contributed by atoms with Gasteiger partial charge in [-0.15, -0.1) is 0 Å². The number of carbonyl (C=O) groups excluding carboxylic acids is 2. The number of rotatable bonds is 2. The molecule has 1 aliphatic heterocycles. The van der Waals surface area contributed by atoms with Gasteiger partial charge in [0.05, 0.1) is 10.5 Å². The number of nitro groups is 1. The van der Waals surface area contributed by atoms with Crippen molar-refractivity contribution in [1.29, 1.82) is 0 Å². The van der Waals surface area contributed by atoms with Crippen molar-refractivity contribution >= 4 is 17.3 Å². The fourth-order valence-electron chi connectivity index (χ4n) is 4.04. The average molecular weight is 339 g/mol. The maximum absolute atomic E-state index is 12.6. The molecular formula is C19H17NO5. The summed E-state index contributed by atoms with van der Waals surface area (Å²) in [6.45, 7) is 0. The fraction of sp³-hybridized carbons (Fsp3) is 0.368. The summed E-state index contributed by atoms with van der Waals surface area (Å²) in [5.74, 6) is -0.187. The zero-order valence-corrected chi connectivity index (χ0v) is 13.6. The van der Waals surface area contributed by atoms with Crippen LogP contribution in [0.25, 0.3) is 0 Å². The quantitative estimate of drug-likeness (QED) is 0.465. The molecule has 0 saturated carbocycles. The molecule has 1 atom stereocenters. The molecule has 0 spiro atoms. The van der Waals surface area contributed by atoms with Crippen molar-refractivity contribution in [3.8, 4) is 0 Å². The molecule has 1 heterocycles. The van der Waals surface area contributed by atoms with E-state index in [1.165, 1.54) is 6.07 Å². The zero-order chi connectivity index (χ0) is 17.6. The lowest BCUT2D eigenvalue weighted by atomic mass is 9.73. The topological polar surface area (TPSA) is 86.5 Å². The fourth-order valence-corrected chi connectivity index (χ4v) is 4.04. The van der Waals surface area contributed by atoms with Crippen LogP contribution >= 0.6 is 0 Å². The predicted octanol–water partition coefficient (Wildman–Crippen LogP) is 3.72. The Morgan fingerprint density at radius 3 is 2.56 bits per heavy atom. The van der Waals surface area contributed by atoms with Gasteiger partial charge in [0.1, 0.15) is 11.5 Å². The zero-order valence-electron chi connectivity index (χ0n) is 13.6. The van der Waals surface area contributed by atoms with Crippen LogP contribution in [-0.2, 0) is 14.3 Å². The Labute approximate surface area is 144 Å². The van der Waals surface area contributed by atoms with E-state index in [4.69, 9.17) is 4.74 Å². The first-order valence-electron chi connectivity index (χ1n) is 8.51. The summed E-state index contributed by atoms with van der Waals surface area (Å²) in [6.07, 6.45) is 3.97. The highest BCUT2D eigenvalue weighted by Gasteiger charge is 2.43. The molecule has 1 aromatic carbocycles. The van der Waals surface area contributed by atoms with Crippen LogP contribution in [0.15, 0.2) is 46.9 Å². The minimum absolute atomic E-state index is 0.0236. The van der Waals surface area contributed by atoms with Gasteiger partial charge in [0.15, 0.2) is 0 Å². The monoisotopic (exact) mass is 339 g/mol. The Morgan fingerprint density at radius 2 is 1.76 bits per heavy atom. The summed E-state index contributed by atoms with van der Waals surface area (Å²) in [6, 6.07) is 6.48. The van der Waals surface area contributed by atoms with Crippen molar-refractivity contribution < 1.29 is 19.2 Å². The number of benzene rings is 1. The van der Waals surface area contributed by atoms with Crippen LogP contribution in [0.4, 0.5) is 5.69 Å². The molecule has 0 aromatic heterocycles. The lowest BCUT2D eigenvalue weighted by Gasteiger charge is -2.36. The van der Waals surface area contributed by atoms with Crippen molar-refractivity contribution in [1.82, 2.24) is 0 Å². The Hall–Kier alpha value is -2.76. The lowest BCUT2D eigenvalue weighted by Crippen LogP contribution is -2.32. The normalized spacial score (nSPS) is 23.1. The molecular weight excluding hydrogens is 322 g/mol. The number of allylic oxidation sites excluding steroid dienone is 4. The number of Topliss-reactive ketones (excluding diaryl/α,β-unsaturated/α-hetero) is 2. The smallest absolute Gasteiger partial charge is 0.273 e. The molecule has 4 rings (SSSR count). The van der Waals surface area contributed by atoms with E-state index in [0.29, 0.717) is 23.3 Å². The van der Waals surface area contributed by atoms with Gasteiger partial charge in [0.2, 0.25) is 11.6 Å². The molecule has 0 amide bonds. The van der Waals surface area contributed by atoms with E-state index >= 15 is 0 Å². The first-order valence-corrected chi connectivity index (χ1v) is 8.51. The van der Waals surface area contributed by atoms with Gasteiger partial charge in [-0.05, 0) is 24.8 Å². The number of hydrogen-bond acceptors (Lipinski definition) is 5. The maximum atomic E-state index is 12.6. The number of nitrogens with zero attached hydrogens (tertiary/aromatic N) is 1. The van der Waals surface area contributed by atoms with Gasteiger partial charge in [-0.1, -0.05) is 18.2 Å². The minimum Gasteiger partial charge on any atom is -0.466 e. The second-order valence-corrected chi connectivity index (χ2v) is 6.60. The molecule has 1 unspecified atom stereocenters. The number of hydrogen-bond donors (Lipinski definition) is 0. The van der Waals surface area contributed by atoms with Gasteiger partial charge in [-0.25, -0.2) is 0 Å². The predicted molar refractivity (Wildman–Crippen MR) is 88.7 cm³/mol. The van der Waals surface area contributed by atoms with Gasteiger partial charge < -0.3 is 4.74 Å². The summed E-state index contributed by atoms with van der Waals surface area (Å²) in [4.78, 5) is 35.7. The van der Waals surface area contributed by atoms with E-state index in [1.807, 2.05) is 0 Å². The van der Waals surface area contributed by atoms with Crippen molar-refractivity contribution in [2.75, 3.05) is 0 Å². The number of ether oxygens (including phenoxy) is 1. The first kappa shape index (κ1) is 15.7. The van der Waals surface area contributed by atoms with Gasteiger partial charge in [-0.3, -0.25) is 19.7 Å². The summed E-state index contributed by atoms with van der Waals surface area (Å²) in [5, 5.41) is 11.5. The van der Waals surface area contributed by atoms with Crippen LogP contribution in [-0.4, -0.2) is 16.5 Å². The molecule has 128 valence electrons. The molecule has 6 nitrogen and oxygen atoms in total. The van der Waals surface area contributed by atoms with E-state index in [-0.39, 0.29) is 12.1 Å². The molecule has 3 aliphatic rings. The van der Waals surface area contributed by atoms with Crippen molar-refractivity contribution in [3.63, 3.8) is 0 Å². The number of ketones is 2. The number of carbonyl (C=O) groups is 2. The highest BCUT2D eigenvalue weighted by Crippen LogP contribution is 2.49. The second kappa shape index (κ2) is 5.95. The standard InChI is InChI=1S/C19H17NO5/c21-14-9-10-16-18(19(14)22)17(12-6-2-4-8-15(12)25-16)11-5-1-3-7-13(11)20(23)24/h1,3,5,7,17H,2,4,6,8-10H2. The molecule has 25 heavy (non-hydrogen) atoms. The summed E-state index contributed by atoms with van der Waals surface area (Å²) in [5.41, 5.74) is 1.68. The third-order valence-corrected chi connectivity index (χ3v) is 5.16. The SMILES string of the molecule is O=C1CCC2=C(C1=O)C(c1ccccc1[N+](=O)[O-])C1=C(CCCC1)O2. The number of nitro benzene ring substituents is 1. The van der Waals surface area contributed by atoms with Crippen LogP contribution < -0.4 is 0 Å². The van der Waals surface area contributed by atoms with Crippen molar-refractivity contribution in [2.45, 2.75) is 44.4 Å². The molecule has 0 radical (unpaired) electrons. The number of para-hydroxylation sites is 1. The summed E-state index contributed by atoms with van der Waals surface area (Å²) in [7, 11) is 0.